The maximum Gasteiger partial charge on any atom is 0.176 e. The van der Waals surface area contributed by atoms with Crippen molar-refractivity contribution >= 4 is 0 Å². The molecule has 17 heavy (non-hydrogen) atoms. The maximum absolute atomic E-state index is 8.81. The fraction of sp³-hybridized carbons (Fsp3) is 0.154. The Kier molecular flexibility index (Phi) is 2.89. The van der Waals surface area contributed by atoms with Crippen LogP contribution < -0.4 is 0 Å². The normalized spacial score (nSPS) is 9.59. The van der Waals surface area contributed by atoms with Crippen LogP contribution in [0.5, 0.6) is 0 Å². The molecule has 2 aromatic rings. The van der Waals surface area contributed by atoms with Gasteiger partial charge < -0.3 is 4.98 Å². The number of aryl methyl sites for hydroxylation is 1. The van der Waals surface area contributed by atoms with E-state index in [1.165, 1.54) is 5.56 Å². The van der Waals surface area contributed by atoms with E-state index in [4.69, 9.17) is 10.5 Å². The molecule has 1 N–H and O–H groups in total. The predicted molar refractivity (Wildman–Crippen MR) is 62.0 cm³/mol. The number of nitriles is 2. The summed E-state index contributed by atoms with van der Waals surface area (Å²) in [6.07, 6.45) is 0.600. The SMILES string of the molecule is Cc1ccccc1Cc1nc(C#N)c(C#N)[nH]1. The van der Waals surface area contributed by atoms with Crippen molar-refractivity contribution in [3.63, 3.8) is 0 Å². The number of hydrogen-bond donors (Lipinski definition) is 1. The van der Waals surface area contributed by atoms with Crippen molar-refractivity contribution in [1.82, 2.24) is 9.97 Å². The van der Waals surface area contributed by atoms with Crippen LogP contribution in [0.3, 0.4) is 0 Å². The van der Waals surface area contributed by atoms with Gasteiger partial charge in [0.05, 0.1) is 0 Å². The number of aromatic nitrogens is 2. The summed E-state index contributed by atoms with van der Waals surface area (Å²) < 4.78 is 0. The lowest BCUT2D eigenvalue weighted by Gasteiger charge is -2.02. The van der Waals surface area contributed by atoms with E-state index in [-0.39, 0.29) is 11.4 Å². The van der Waals surface area contributed by atoms with Crippen LogP contribution in [0.2, 0.25) is 0 Å². The number of rotatable bonds is 2. The zero-order valence-electron chi connectivity index (χ0n) is 9.36. The third-order valence-corrected chi connectivity index (χ3v) is 2.59. The summed E-state index contributed by atoms with van der Waals surface area (Å²) in [5.41, 5.74) is 2.70. The molecule has 82 valence electrons. The summed E-state index contributed by atoms with van der Waals surface area (Å²) in [5.74, 6) is 0.646. The standard InChI is InChI=1S/C13H10N4/c1-9-4-2-3-5-10(9)6-13-16-11(7-14)12(8-15)17-13/h2-5H,6H2,1H3,(H,16,17). The quantitative estimate of drug-likeness (QED) is 0.844. The number of nitrogens with zero attached hydrogens (tertiary/aromatic N) is 3. The van der Waals surface area contributed by atoms with Crippen LogP contribution in [0.25, 0.3) is 0 Å². The Hall–Kier alpha value is -2.59. The van der Waals surface area contributed by atoms with Crippen molar-refractivity contribution in [2.75, 3.05) is 0 Å². The number of nitrogens with one attached hydrogen (secondary N) is 1. The Morgan fingerprint density at radius 3 is 2.59 bits per heavy atom. The molecule has 0 saturated heterocycles. The highest BCUT2D eigenvalue weighted by molar-refractivity contribution is 5.38. The minimum Gasteiger partial charge on any atom is -0.332 e. The van der Waals surface area contributed by atoms with Crippen LogP contribution in [-0.4, -0.2) is 9.97 Å². The molecule has 0 atom stereocenters. The summed E-state index contributed by atoms with van der Waals surface area (Å²) in [6.45, 7) is 2.02. The number of imidazole rings is 1. The fourth-order valence-corrected chi connectivity index (χ4v) is 1.66. The summed E-state index contributed by atoms with van der Waals surface area (Å²) in [4.78, 5) is 6.96. The van der Waals surface area contributed by atoms with Crippen molar-refractivity contribution < 1.29 is 0 Å². The fourth-order valence-electron chi connectivity index (χ4n) is 1.66. The average molecular weight is 222 g/mol. The number of benzene rings is 1. The molecule has 0 aliphatic heterocycles. The molecule has 0 aliphatic rings. The third-order valence-electron chi connectivity index (χ3n) is 2.59. The summed E-state index contributed by atoms with van der Waals surface area (Å²) >= 11 is 0. The van der Waals surface area contributed by atoms with Gasteiger partial charge >= 0.3 is 0 Å². The smallest absolute Gasteiger partial charge is 0.176 e. The molecule has 0 saturated carbocycles. The molecule has 0 aliphatic carbocycles. The minimum absolute atomic E-state index is 0.163. The van der Waals surface area contributed by atoms with Gasteiger partial charge in [0.2, 0.25) is 0 Å². The molecule has 1 aromatic heterocycles. The van der Waals surface area contributed by atoms with Gasteiger partial charge in [-0.3, -0.25) is 0 Å². The van der Waals surface area contributed by atoms with Gasteiger partial charge in [-0.15, -0.1) is 0 Å². The Bertz CT molecular complexity index is 594. The van der Waals surface area contributed by atoms with E-state index in [0.717, 1.165) is 5.56 Å². The highest BCUT2D eigenvalue weighted by Gasteiger charge is 2.10. The van der Waals surface area contributed by atoms with Gasteiger partial charge in [0, 0.05) is 6.42 Å². The molecule has 0 bridgehead atoms. The molecular formula is C13H10N4. The Labute approximate surface area is 99.2 Å². The van der Waals surface area contributed by atoms with Crippen LogP contribution in [0.4, 0.5) is 0 Å². The monoisotopic (exact) mass is 222 g/mol. The third kappa shape index (κ3) is 2.16. The topological polar surface area (TPSA) is 76.3 Å². The molecule has 0 spiro atoms. The second-order valence-electron chi connectivity index (χ2n) is 3.73. The zero-order valence-corrected chi connectivity index (χ0v) is 9.36. The van der Waals surface area contributed by atoms with Crippen molar-refractivity contribution in [1.29, 1.82) is 10.5 Å². The number of hydrogen-bond acceptors (Lipinski definition) is 3. The van der Waals surface area contributed by atoms with E-state index in [9.17, 15) is 0 Å². The van der Waals surface area contributed by atoms with E-state index in [1.807, 2.05) is 43.3 Å². The van der Waals surface area contributed by atoms with Crippen LogP contribution in [0, 0.1) is 29.6 Å². The highest BCUT2D eigenvalue weighted by atomic mass is 14.9. The summed E-state index contributed by atoms with van der Waals surface area (Å²) in [5, 5.41) is 17.6. The van der Waals surface area contributed by atoms with Crippen LogP contribution >= 0.6 is 0 Å². The molecule has 0 unspecified atom stereocenters. The molecule has 4 heteroatoms. The molecule has 1 heterocycles. The van der Waals surface area contributed by atoms with Crippen molar-refractivity contribution in [2.45, 2.75) is 13.3 Å². The first kappa shape index (κ1) is 10.9. The number of aromatic amines is 1. The molecule has 0 fully saturated rings. The minimum atomic E-state index is 0.163. The lowest BCUT2D eigenvalue weighted by atomic mass is 10.1. The van der Waals surface area contributed by atoms with Gasteiger partial charge in [0.15, 0.2) is 11.4 Å². The Balaban J connectivity index is 2.33. The van der Waals surface area contributed by atoms with Crippen molar-refractivity contribution in [3.8, 4) is 12.1 Å². The second kappa shape index (κ2) is 4.51. The van der Waals surface area contributed by atoms with Crippen LogP contribution in [0.15, 0.2) is 24.3 Å². The first-order chi connectivity index (χ1) is 8.24. The Morgan fingerprint density at radius 2 is 2.00 bits per heavy atom. The van der Waals surface area contributed by atoms with Gasteiger partial charge in [0.25, 0.3) is 0 Å². The van der Waals surface area contributed by atoms with Crippen LogP contribution in [-0.2, 0) is 6.42 Å². The predicted octanol–water partition coefficient (Wildman–Crippen LogP) is 2.05. The van der Waals surface area contributed by atoms with Crippen LogP contribution in [0.1, 0.15) is 28.3 Å². The zero-order chi connectivity index (χ0) is 12.3. The summed E-state index contributed by atoms with van der Waals surface area (Å²) in [7, 11) is 0. The van der Waals surface area contributed by atoms with E-state index in [0.29, 0.717) is 12.2 Å². The summed E-state index contributed by atoms with van der Waals surface area (Å²) in [6, 6.07) is 11.8. The highest BCUT2D eigenvalue weighted by Crippen LogP contribution is 2.13. The Morgan fingerprint density at radius 1 is 1.24 bits per heavy atom. The number of H-pyrrole nitrogens is 1. The first-order valence-electron chi connectivity index (χ1n) is 5.18. The largest absolute Gasteiger partial charge is 0.332 e. The molecule has 4 nitrogen and oxygen atoms in total. The molecule has 1 aromatic carbocycles. The maximum atomic E-state index is 8.81. The molecular weight excluding hydrogens is 212 g/mol. The molecule has 0 radical (unpaired) electrons. The molecule has 2 rings (SSSR count). The van der Waals surface area contributed by atoms with E-state index < -0.39 is 0 Å². The van der Waals surface area contributed by atoms with E-state index >= 15 is 0 Å². The van der Waals surface area contributed by atoms with Gasteiger partial charge in [-0.05, 0) is 18.1 Å². The van der Waals surface area contributed by atoms with Gasteiger partial charge in [-0.1, -0.05) is 24.3 Å². The average Bonchev–Trinajstić information content (AvgIpc) is 2.74. The van der Waals surface area contributed by atoms with Gasteiger partial charge in [-0.2, -0.15) is 10.5 Å². The van der Waals surface area contributed by atoms with Gasteiger partial charge in [0.1, 0.15) is 18.0 Å². The lowest BCUT2D eigenvalue weighted by Crippen LogP contribution is -1.93. The second-order valence-corrected chi connectivity index (χ2v) is 3.73. The van der Waals surface area contributed by atoms with Crippen molar-refractivity contribution in [3.05, 3.63) is 52.6 Å². The first-order valence-corrected chi connectivity index (χ1v) is 5.18. The van der Waals surface area contributed by atoms with Crippen molar-refractivity contribution in [2.24, 2.45) is 0 Å². The lowest BCUT2D eigenvalue weighted by molar-refractivity contribution is 1.01. The molecule has 0 amide bonds. The van der Waals surface area contributed by atoms with E-state index in [1.54, 1.807) is 0 Å². The van der Waals surface area contributed by atoms with Gasteiger partial charge in [-0.25, -0.2) is 4.98 Å². The van der Waals surface area contributed by atoms with E-state index in [2.05, 4.69) is 9.97 Å².